The van der Waals surface area contributed by atoms with Gasteiger partial charge in [0.05, 0.1) is 11.5 Å². The summed E-state index contributed by atoms with van der Waals surface area (Å²) in [4.78, 5) is 14.4. The maximum absolute atomic E-state index is 12.2. The number of aliphatic hydroxyl groups excluding tert-OH is 1. The van der Waals surface area contributed by atoms with Gasteiger partial charge < -0.3 is 9.84 Å². The molecule has 2 aliphatic carbocycles. The molecule has 0 aromatic carbocycles. The third-order valence-corrected chi connectivity index (χ3v) is 8.78. The molecule has 0 saturated heterocycles. The van der Waals surface area contributed by atoms with Crippen molar-refractivity contribution in [1.29, 1.82) is 0 Å². The molecule has 6 atom stereocenters. The third-order valence-electron chi connectivity index (χ3n) is 8.19. The number of hydrogen-bond donors (Lipinski definition) is 1. The van der Waals surface area contributed by atoms with Crippen molar-refractivity contribution in [2.24, 2.45) is 40.4 Å². The molecule has 0 spiro atoms. The molecule has 0 aromatic heterocycles. The number of rotatable bonds is 9. The second-order valence-corrected chi connectivity index (χ2v) is 12.7. The van der Waals surface area contributed by atoms with E-state index in [1.807, 2.05) is 20.8 Å². The van der Waals surface area contributed by atoms with Crippen LogP contribution >= 0.6 is 15.9 Å². The van der Waals surface area contributed by atoms with Crippen molar-refractivity contribution in [2.45, 2.75) is 99.5 Å². The second kappa shape index (κ2) is 11.2. The van der Waals surface area contributed by atoms with Crippen LogP contribution in [-0.4, -0.2) is 23.8 Å². The lowest BCUT2D eigenvalue weighted by atomic mass is 9.61. The highest BCUT2D eigenvalue weighted by Gasteiger charge is 2.51. The van der Waals surface area contributed by atoms with Crippen molar-refractivity contribution in [2.75, 3.05) is 6.61 Å². The minimum Gasteiger partial charge on any atom is -0.461 e. The average molecular weight is 512 g/mol. The molecule has 2 aliphatic rings. The first-order chi connectivity index (χ1) is 14.8. The standard InChI is InChI=1S/C28H47BrO3/c1-18(2)14-22(20(4)17-32-26(31)27(5,6)7)25(30)15-19(3)23-11-12-24-21(16-29)10-9-13-28(23,24)8/h16,18-19,22-25,30H,4,9-15,17H2,1-3,5-8H3/t19-,22+,23-,24+,25+,28-/m1/s1. The maximum atomic E-state index is 12.2. The number of esters is 1. The van der Waals surface area contributed by atoms with Gasteiger partial charge in [-0.2, -0.15) is 0 Å². The lowest BCUT2D eigenvalue weighted by molar-refractivity contribution is -0.152. The van der Waals surface area contributed by atoms with Crippen molar-refractivity contribution >= 4 is 21.9 Å². The summed E-state index contributed by atoms with van der Waals surface area (Å²) in [5.74, 6) is 1.95. The quantitative estimate of drug-likeness (QED) is 0.255. The Hall–Kier alpha value is -0.610. The minimum absolute atomic E-state index is 0.0421. The van der Waals surface area contributed by atoms with Crippen LogP contribution in [0.1, 0.15) is 93.4 Å². The Kier molecular flexibility index (Phi) is 9.68. The normalized spacial score (nSPS) is 30.1. The molecular formula is C28H47BrO3. The molecule has 0 heterocycles. The van der Waals surface area contributed by atoms with Gasteiger partial charge in [0, 0.05) is 5.92 Å². The van der Waals surface area contributed by atoms with Crippen LogP contribution < -0.4 is 0 Å². The van der Waals surface area contributed by atoms with Gasteiger partial charge in [-0.15, -0.1) is 0 Å². The van der Waals surface area contributed by atoms with Gasteiger partial charge in [-0.05, 0) is 105 Å². The largest absolute Gasteiger partial charge is 0.461 e. The first-order valence-corrected chi connectivity index (χ1v) is 13.5. The van der Waals surface area contributed by atoms with E-state index in [9.17, 15) is 9.90 Å². The van der Waals surface area contributed by atoms with Crippen molar-refractivity contribution < 1.29 is 14.6 Å². The summed E-state index contributed by atoms with van der Waals surface area (Å²) in [5.41, 5.74) is 2.23. The van der Waals surface area contributed by atoms with Crippen LogP contribution in [0.3, 0.4) is 0 Å². The lowest BCUT2D eigenvalue weighted by Crippen LogP contribution is -2.37. The number of hydrogen-bond acceptors (Lipinski definition) is 3. The summed E-state index contributed by atoms with van der Waals surface area (Å²) in [6.07, 6.45) is 7.48. The van der Waals surface area contributed by atoms with Crippen molar-refractivity contribution in [3.8, 4) is 0 Å². The van der Waals surface area contributed by atoms with Gasteiger partial charge in [-0.3, -0.25) is 4.79 Å². The Morgan fingerprint density at radius 3 is 2.50 bits per heavy atom. The van der Waals surface area contributed by atoms with E-state index in [0.717, 1.165) is 18.4 Å². The molecule has 4 heteroatoms. The first kappa shape index (κ1) is 27.6. The lowest BCUT2D eigenvalue weighted by Gasteiger charge is -2.45. The summed E-state index contributed by atoms with van der Waals surface area (Å²) >= 11 is 3.62. The molecule has 0 bridgehead atoms. The monoisotopic (exact) mass is 510 g/mol. The average Bonchev–Trinajstić information content (AvgIpc) is 3.05. The second-order valence-electron chi connectivity index (χ2n) is 12.3. The van der Waals surface area contributed by atoms with Crippen LogP contribution in [-0.2, 0) is 9.53 Å². The van der Waals surface area contributed by atoms with E-state index in [1.54, 1.807) is 5.57 Å². The van der Waals surface area contributed by atoms with Gasteiger partial charge in [0.25, 0.3) is 0 Å². The Balaban J connectivity index is 2.06. The molecule has 184 valence electrons. The van der Waals surface area contributed by atoms with E-state index in [-0.39, 0.29) is 18.5 Å². The molecule has 3 nitrogen and oxygen atoms in total. The fourth-order valence-corrected chi connectivity index (χ4v) is 6.99. The van der Waals surface area contributed by atoms with Crippen LogP contribution in [0.15, 0.2) is 22.7 Å². The molecule has 2 rings (SSSR count). The molecule has 1 N–H and O–H groups in total. The van der Waals surface area contributed by atoms with Gasteiger partial charge in [-0.25, -0.2) is 0 Å². The Bertz CT molecular complexity index is 689. The topological polar surface area (TPSA) is 46.5 Å². The summed E-state index contributed by atoms with van der Waals surface area (Å²) in [7, 11) is 0. The Morgan fingerprint density at radius 1 is 1.28 bits per heavy atom. The fraction of sp³-hybridized carbons (Fsp3) is 0.821. The maximum Gasteiger partial charge on any atom is 0.311 e. The zero-order chi connectivity index (χ0) is 24.3. The number of ether oxygens (including phenoxy) is 1. The van der Waals surface area contributed by atoms with E-state index < -0.39 is 11.5 Å². The molecule has 2 fully saturated rings. The van der Waals surface area contributed by atoms with Gasteiger partial charge in [-0.1, -0.05) is 55.8 Å². The molecule has 0 aliphatic heterocycles. The van der Waals surface area contributed by atoms with Crippen molar-refractivity contribution in [3.63, 3.8) is 0 Å². The first-order valence-electron chi connectivity index (χ1n) is 12.6. The SMILES string of the molecule is C=C(COC(=O)C(C)(C)C)[C@H](CC(C)C)[C@@H](O)C[C@@H](C)[C@H]1CC[C@H]2C(=CBr)CCC[C@]12C. The summed E-state index contributed by atoms with van der Waals surface area (Å²) in [5, 5.41) is 11.3. The zero-order valence-corrected chi connectivity index (χ0v) is 23.1. The van der Waals surface area contributed by atoms with E-state index in [0.29, 0.717) is 29.1 Å². The molecule has 2 saturated carbocycles. The van der Waals surface area contributed by atoms with Crippen LogP contribution in [0, 0.1) is 40.4 Å². The number of fused-ring (bicyclic) bond motifs is 1. The molecule has 0 radical (unpaired) electrons. The summed E-state index contributed by atoms with van der Waals surface area (Å²) in [6.45, 7) is 19.2. The predicted octanol–water partition coefficient (Wildman–Crippen LogP) is 7.68. The zero-order valence-electron chi connectivity index (χ0n) is 21.5. The molecular weight excluding hydrogens is 464 g/mol. The van der Waals surface area contributed by atoms with Crippen LogP contribution in [0.25, 0.3) is 0 Å². The highest BCUT2D eigenvalue weighted by molar-refractivity contribution is 9.11. The fourth-order valence-electron chi connectivity index (χ4n) is 6.44. The van der Waals surface area contributed by atoms with Gasteiger partial charge >= 0.3 is 5.97 Å². The van der Waals surface area contributed by atoms with Crippen LogP contribution in [0.4, 0.5) is 0 Å². The Morgan fingerprint density at radius 2 is 1.94 bits per heavy atom. The highest BCUT2D eigenvalue weighted by atomic mass is 79.9. The van der Waals surface area contributed by atoms with Crippen molar-refractivity contribution in [1.82, 2.24) is 0 Å². The third kappa shape index (κ3) is 6.50. The van der Waals surface area contributed by atoms with Gasteiger partial charge in [0.2, 0.25) is 0 Å². The van der Waals surface area contributed by atoms with Crippen LogP contribution in [0.2, 0.25) is 0 Å². The molecule has 0 amide bonds. The molecule has 0 aromatic rings. The number of aliphatic hydroxyl groups is 1. The van der Waals surface area contributed by atoms with Crippen LogP contribution in [0.5, 0.6) is 0 Å². The minimum atomic E-state index is -0.530. The summed E-state index contributed by atoms with van der Waals surface area (Å²) in [6, 6.07) is 0. The number of halogens is 1. The number of allylic oxidation sites excluding steroid dienone is 1. The Labute approximate surface area is 205 Å². The molecule has 32 heavy (non-hydrogen) atoms. The predicted molar refractivity (Wildman–Crippen MR) is 137 cm³/mol. The highest BCUT2D eigenvalue weighted by Crippen LogP contribution is 2.60. The van der Waals surface area contributed by atoms with Gasteiger partial charge in [0.1, 0.15) is 6.61 Å². The number of carbonyl (C=O) groups is 1. The van der Waals surface area contributed by atoms with Gasteiger partial charge in [0.15, 0.2) is 0 Å². The smallest absolute Gasteiger partial charge is 0.311 e. The molecule has 0 unspecified atom stereocenters. The van der Waals surface area contributed by atoms with E-state index >= 15 is 0 Å². The summed E-state index contributed by atoms with van der Waals surface area (Å²) < 4.78 is 5.54. The van der Waals surface area contributed by atoms with E-state index in [1.165, 1.54) is 32.1 Å². The van der Waals surface area contributed by atoms with E-state index in [4.69, 9.17) is 4.74 Å². The number of carbonyl (C=O) groups excluding carboxylic acids is 1. The van der Waals surface area contributed by atoms with E-state index in [2.05, 4.69) is 55.2 Å². The van der Waals surface area contributed by atoms with Crippen molar-refractivity contribution in [3.05, 3.63) is 22.7 Å².